The maximum Gasteiger partial charge on any atom is 0.127 e. The highest BCUT2D eigenvalue weighted by Gasteiger charge is 2.30. The lowest BCUT2D eigenvalue weighted by Gasteiger charge is -2.34. The van der Waals surface area contributed by atoms with Crippen molar-refractivity contribution in [2.75, 3.05) is 13.2 Å². The predicted molar refractivity (Wildman–Crippen MR) is 90.4 cm³/mol. The summed E-state index contributed by atoms with van der Waals surface area (Å²) in [6.07, 6.45) is 1.05. The number of rotatable bonds is 2. The molecule has 1 heterocycles. The van der Waals surface area contributed by atoms with Crippen LogP contribution in [0.25, 0.3) is 0 Å². The first-order chi connectivity index (χ1) is 9.64. The average Bonchev–Trinajstić information content (AvgIpc) is 2.36. The summed E-state index contributed by atoms with van der Waals surface area (Å²) in [6, 6.07) is 5.13. The molecule has 2 rings (SSSR count). The first kappa shape index (κ1) is 16.4. The zero-order valence-corrected chi connectivity index (χ0v) is 14.8. The van der Waals surface area contributed by atoms with Crippen molar-refractivity contribution in [1.29, 1.82) is 0 Å². The summed E-state index contributed by atoms with van der Waals surface area (Å²) in [6.45, 7) is 17.7. The number of benzene rings is 1. The van der Waals surface area contributed by atoms with E-state index in [1.54, 1.807) is 0 Å². The summed E-state index contributed by atoms with van der Waals surface area (Å²) in [7, 11) is 0. The Morgan fingerprint density at radius 3 is 2.29 bits per heavy atom. The Hall–Kier alpha value is -1.02. The maximum absolute atomic E-state index is 6.09. The summed E-state index contributed by atoms with van der Waals surface area (Å²) < 4.78 is 6.09. The molecule has 0 bridgehead atoms. The third kappa shape index (κ3) is 3.42. The van der Waals surface area contributed by atoms with Crippen LogP contribution >= 0.6 is 0 Å². The van der Waals surface area contributed by atoms with Crippen molar-refractivity contribution in [3.8, 4) is 5.75 Å². The van der Waals surface area contributed by atoms with Crippen LogP contribution in [0.5, 0.6) is 5.75 Å². The van der Waals surface area contributed by atoms with Gasteiger partial charge in [-0.05, 0) is 29.0 Å². The Bertz CT molecular complexity index is 506. The smallest absolute Gasteiger partial charge is 0.127 e. The number of hydrogen-bond donors (Lipinski definition) is 1. The van der Waals surface area contributed by atoms with Gasteiger partial charge in [-0.2, -0.15) is 0 Å². The molecule has 21 heavy (non-hydrogen) atoms. The first-order valence-corrected chi connectivity index (χ1v) is 8.19. The van der Waals surface area contributed by atoms with Crippen LogP contribution < -0.4 is 10.1 Å². The number of fused-ring (bicyclic) bond motifs is 1. The first-order valence-electron chi connectivity index (χ1n) is 8.19. The van der Waals surface area contributed by atoms with E-state index in [-0.39, 0.29) is 10.8 Å². The quantitative estimate of drug-likeness (QED) is 0.851. The third-order valence-electron chi connectivity index (χ3n) is 4.27. The van der Waals surface area contributed by atoms with Gasteiger partial charge in [-0.25, -0.2) is 0 Å². The van der Waals surface area contributed by atoms with Crippen molar-refractivity contribution >= 4 is 0 Å². The van der Waals surface area contributed by atoms with Crippen LogP contribution in [-0.2, 0) is 10.8 Å². The molecule has 1 unspecified atom stereocenters. The molecular formula is C19H31NO. The van der Waals surface area contributed by atoms with E-state index in [1.165, 1.54) is 16.7 Å². The van der Waals surface area contributed by atoms with E-state index >= 15 is 0 Å². The summed E-state index contributed by atoms with van der Waals surface area (Å²) in [4.78, 5) is 0. The Morgan fingerprint density at radius 2 is 1.76 bits per heavy atom. The molecule has 0 fully saturated rings. The Morgan fingerprint density at radius 1 is 1.10 bits per heavy atom. The molecule has 0 amide bonds. The summed E-state index contributed by atoms with van der Waals surface area (Å²) in [5.41, 5.74) is 4.34. The minimum absolute atomic E-state index is 0.0967. The zero-order valence-electron chi connectivity index (χ0n) is 14.8. The summed E-state index contributed by atoms with van der Waals surface area (Å²) in [5.74, 6) is 1.12. The van der Waals surface area contributed by atoms with Gasteiger partial charge >= 0.3 is 0 Å². The van der Waals surface area contributed by atoms with Crippen LogP contribution in [0.3, 0.4) is 0 Å². The fourth-order valence-corrected chi connectivity index (χ4v) is 2.95. The molecular weight excluding hydrogens is 258 g/mol. The summed E-state index contributed by atoms with van der Waals surface area (Å²) in [5, 5.41) is 3.62. The molecule has 2 heteroatoms. The molecule has 118 valence electrons. The van der Waals surface area contributed by atoms with Crippen molar-refractivity contribution in [2.24, 2.45) is 0 Å². The van der Waals surface area contributed by atoms with Gasteiger partial charge in [-0.15, -0.1) is 0 Å². The molecule has 1 aromatic carbocycles. The standard InChI is InChI=1S/C19H31NO/c1-8-20-16-9-10-21-17-14(16)11-13(18(2,3)4)12-15(17)19(5,6)7/h11-12,16,20H,8-10H2,1-7H3. The SMILES string of the molecule is CCNC1CCOc2c1cc(C(C)(C)C)cc2C(C)(C)C. The highest BCUT2D eigenvalue weighted by Crippen LogP contribution is 2.43. The van der Waals surface area contributed by atoms with E-state index < -0.39 is 0 Å². The minimum atomic E-state index is 0.0967. The van der Waals surface area contributed by atoms with E-state index in [2.05, 4.69) is 65.9 Å². The monoisotopic (exact) mass is 289 g/mol. The van der Waals surface area contributed by atoms with Crippen LogP contribution in [0.2, 0.25) is 0 Å². The largest absolute Gasteiger partial charge is 0.493 e. The van der Waals surface area contributed by atoms with Crippen molar-refractivity contribution in [3.05, 3.63) is 28.8 Å². The lowest BCUT2D eigenvalue weighted by molar-refractivity contribution is 0.247. The molecule has 1 aliphatic rings. The van der Waals surface area contributed by atoms with Gasteiger partial charge in [0.25, 0.3) is 0 Å². The lowest BCUT2D eigenvalue weighted by Crippen LogP contribution is -2.29. The molecule has 1 atom stereocenters. The van der Waals surface area contributed by atoms with Gasteiger partial charge in [0, 0.05) is 23.6 Å². The van der Waals surface area contributed by atoms with Gasteiger partial charge in [0.1, 0.15) is 5.75 Å². The fraction of sp³-hybridized carbons (Fsp3) is 0.684. The van der Waals surface area contributed by atoms with E-state index in [4.69, 9.17) is 4.74 Å². The van der Waals surface area contributed by atoms with E-state index in [9.17, 15) is 0 Å². The Labute approximate surface area is 130 Å². The lowest BCUT2D eigenvalue weighted by atomic mass is 9.77. The van der Waals surface area contributed by atoms with E-state index in [1.807, 2.05) is 0 Å². The molecule has 0 saturated carbocycles. The van der Waals surface area contributed by atoms with Gasteiger partial charge in [-0.3, -0.25) is 0 Å². The Kier molecular flexibility index (Phi) is 4.39. The van der Waals surface area contributed by atoms with Crippen LogP contribution in [0.4, 0.5) is 0 Å². The van der Waals surface area contributed by atoms with E-state index in [0.717, 1.165) is 25.3 Å². The van der Waals surface area contributed by atoms with Crippen LogP contribution in [-0.4, -0.2) is 13.2 Å². The number of nitrogens with one attached hydrogen (secondary N) is 1. The summed E-state index contributed by atoms with van der Waals surface area (Å²) >= 11 is 0. The highest BCUT2D eigenvalue weighted by molar-refractivity contribution is 5.51. The van der Waals surface area contributed by atoms with Gasteiger partial charge < -0.3 is 10.1 Å². The number of hydrogen-bond acceptors (Lipinski definition) is 2. The predicted octanol–water partition coefficient (Wildman–Crippen LogP) is 4.71. The average molecular weight is 289 g/mol. The van der Waals surface area contributed by atoms with Gasteiger partial charge in [0.15, 0.2) is 0 Å². The second-order valence-electron chi connectivity index (χ2n) is 8.19. The molecule has 0 saturated heterocycles. The number of ether oxygens (including phenoxy) is 1. The molecule has 0 aromatic heterocycles. The normalized spacial score (nSPS) is 19.1. The second kappa shape index (κ2) is 5.64. The maximum atomic E-state index is 6.09. The fourth-order valence-electron chi connectivity index (χ4n) is 2.95. The molecule has 1 N–H and O–H groups in total. The minimum Gasteiger partial charge on any atom is -0.493 e. The van der Waals surface area contributed by atoms with Crippen molar-refractivity contribution in [2.45, 2.75) is 71.8 Å². The van der Waals surface area contributed by atoms with Crippen molar-refractivity contribution in [1.82, 2.24) is 5.32 Å². The molecule has 0 spiro atoms. The van der Waals surface area contributed by atoms with Crippen LogP contribution in [0, 0.1) is 0 Å². The van der Waals surface area contributed by atoms with Gasteiger partial charge in [-0.1, -0.05) is 54.5 Å². The zero-order chi connectivity index (χ0) is 15.8. The molecule has 0 aliphatic carbocycles. The van der Waals surface area contributed by atoms with Crippen LogP contribution in [0.15, 0.2) is 12.1 Å². The second-order valence-corrected chi connectivity index (χ2v) is 8.19. The highest BCUT2D eigenvalue weighted by atomic mass is 16.5. The van der Waals surface area contributed by atoms with Crippen molar-refractivity contribution in [3.63, 3.8) is 0 Å². The molecule has 1 aliphatic heterocycles. The molecule has 1 aromatic rings. The molecule has 2 nitrogen and oxygen atoms in total. The van der Waals surface area contributed by atoms with Gasteiger partial charge in [0.05, 0.1) is 6.61 Å². The topological polar surface area (TPSA) is 21.3 Å². The van der Waals surface area contributed by atoms with Gasteiger partial charge in [0.2, 0.25) is 0 Å². The Balaban J connectivity index is 2.64. The molecule has 0 radical (unpaired) electrons. The van der Waals surface area contributed by atoms with Crippen LogP contribution in [0.1, 0.15) is 77.6 Å². The van der Waals surface area contributed by atoms with Crippen molar-refractivity contribution < 1.29 is 4.74 Å². The van der Waals surface area contributed by atoms with E-state index in [0.29, 0.717) is 6.04 Å². The third-order valence-corrected chi connectivity index (χ3v) is 4.27.